The Labute approximate surface area is 170 Å². The summed E-state index contributed by atoms with van der Waals surface area (Å²) < 4.78 is 33.2. The number of benzene rings is 1. The molecule has 0 radical (unpaired) electrons. The number of hydrogen-bond donors (Lipinski definition) is 1. The fraction of sp³-hybridized carbons (Fsp3) is 0.350. The van der Waals surface area contributed by atoms with Crippen molar-refractivity contribution in [2.24, 2.45) is 0 Å². The molecule has 0 aliphatic carbocycles. The van der Waals surface area contributed by atoms with Gasteiger partial charge in [-0.05, 0) is 57.0 Å². The number of ether oxygens (including phenoxy) is 1. The molecule has 1 aliphatic rings. The molecule has 2 aromatic rings. The van der Waals surface area contributed by atoms with Gasteiger partial charge in [0.15, 0.2) is 0 Å². The zero-order chi connectivity index (χ0) is 21.0. The number of aryl methyl sites for hydroxylation is 1. The number of piperidine rings is 1. The summed E-state index contributed by atoms with van der Waals surface area (Å²) in [5, 5.41) is 2.84. The molecule has 2 heterocycles. The van der Waals surface area contributed by atoms with Crippen LogP contribution in [-0.2, 0) is 14.8 Å². The summed E-state index contributed by atoms with van der Waals surface area (Å²) in [6.07, 6.45) is 5.44. The maximum absolute atomic E-state index is 13.1. The zero-order valence-electron chi connectivity index (χ0n) is 16.4. The lowest BCUT2D eigenvalue weighted by molar-refractivity contribution is -0.117. The van der Waals surface area contributed by atoms with E-state index in [-0.39, 0.29) is 22.9 Å². The lowest BCUT2D eigenvalue weighted by Crippen LogP contribution is -2.50. The lowest BCUT2D eigenvalue weighted by atomic mass is 10.0. The van der Waals surface area contributed by atoms with Crippen LogP contribution in [-0.4, -0.2) is 47.2 Å². The second kappa shape index (κ2) is 8.71. The second-order valence-corrected chi connectivity index (χ2v) is 8.86. The lowest BCUT2D eigenvalue weighted by Gasteiger charge is -2.36. The van der Waals surface area contributed by atoms with Crippen molar-refractivity contribution in [3.8, 4) is 11.6 Å². The van der Waals surface area contributed by atoms with Gasteiger partial charge in [-0.2, -0.15) is 4.31 Å². The van der Waals surface area contributed by atoms with Crippen LogP contribution in [0.15, 0.2) is 54.2 Å². The van der Waals surface area contributed by atoms with E-state index in [0.717, 1.165) is 5.69 Å². The number of hydrogen-bond acceptors (Lipinski definition) is 6. The van der Waals surface area contributed by atoms with E-state index in [0.29, 0.717) is 31.0 Å². The first-order valence-electron chi connectivity index (χ1n) is 9.31. The third-order valence-electron chi connectivity index (χ3n) is 4.73. The van der Waals surface area contributed by atoms with Crippen LogP contribution in [0.5, 0.6) is 11.6 Å². The first kappa shape index (κ1) is 20.9. The molecule has 9 heteroatoms. The summed E-state index contributed by atoms with van der Waals surface area (Å²) in [6, 6.07) is 5.94. The molecule has 1 saturated heterocycles. The van der Waals surface area contributed by atoms with Gasteiger partial charge in [0.25, 0.3) is 0 Å². The normalized spacial score (nSPS) is 20.1. The SMILES string of the molecule is C=CC(=O)NC1CCN(S(=O)(=O)c2ccc(Oc3cncc(C)n3)cc2)C(C)C1. The Bertz CT molecular complexity index is 992. The van der Waals surface area contributed by atoms with Crippen LogP contribution in [0.2, 0.25) is 0 Å². The number of carbonyl (C=O) groups excluding carboxylic acids is 1. The topological polar surface area (TPSA) is 101 Å². The number of aromatic nitrogens is 2. The molecule has 3 rings (SSSR count). The van der Waals surface area contributed by atoms with Crippen molar-refractivity contribution in [3.05, 3.63) is 55.0 Å². The van der Waals surface area contributed by atoms with Gasteiger partial charge in [0.05, 0.1) is 16.8 Å². The first-order chi connectivity index (χ1) is 13.8. The van der Waals surface area contributed by atoms with E-state index in [2.05, 4.69) is 21.9 Å². The first-order valence-corrected chi connectivity index (χ1v) is 10.7. The molecule has 29 heavy (non-hydrogen) atoms. The zero-order valence-corrected chi connectivity index (χ0v) is 17.2. The number of rotatable bonds is 6. The summed E-state index contributed by atoms with van der Waals surface area (Å²) in [5.41, 5.74) is 0.725. The van der Waals surface area contributed by atoms with Gasteiger partial charge in [-0.1, -0.05) is 6.58 Å². The molecule has 2 unspecified atom stereocenters. The highest BCUT2D eigenvalue weighted by molar-refractivity contribution is 7.89. The van der Waals surface area contributed by atoms with E-state index in [1.165, 1.54) is 28.7 Å². The highest BCUT2D eigenvalue weighted by atomic mass is 32.2. The smallest absolute Gasteiger partial charge is 0.243 e. The number of nitrogens with zero attached hydrogens (tertiary/aromatic N) is 3. The van der Waals surface area contributed by atoms with E-state index in [4.69, 9.17) is 4.74 Å². The van der Waals surface area contributed by atoms with Gasteiger partial charge < -0.3 is 10.1 Å². The highest BCUT2D eigenvalue weighted by Crippen LogP contribution is 2.27. The Balaban J connectivity index is 1.69. The molecule has 1 fully saturated rings. The molecule has 1 amide bonds. The van der Waals surface area contributed by atoms with Crippen LogP contribution in [0.3, 0.4) is 0 Å². The average Bonchev–Trinajstić information content (AvgIpc) is 2.68. The molecule has 1 aromatic heterocycles. The average molecular weight is 417 g/mol. The van der Waals surface area contributed by atoms with Crippen molar-refractivity contribution in [1.29, 1.82) is 0 Å². The van der Waals surface area contributed by atoms with Gasteiger partial charge in [0, 0.05) is 24.8 Å². The summed E-state index contributed by atoms with van der Waals surface area (Å²) >= 11 is 0. The van der Waals surface area contributed by atoms with Gasteiger partial charge in [-0.25, -0.2) is 13.4 Å². The van der Waals surface area contributed by atoms with Crippen molar-refractivity contribution >= 4 is 15.9 Å². The highest BCUT2D eigenvalue weighted by Gasteiger charge is 2.34. The van der Waals surface area contributed by atoms with Gasteiger partial charge in [-0.15, -0.1) is 0 Å². The molecular formula is C20H24N4O4S. The summed E-state index contributed by atoms with van der Waals surface area (Å²) in [4.78, 5) is 19.9. The molecule has 0 saturated carbocycles. The Morgan fingerprint density at radius 3 is 2.66 bits per heavy atom. The Hall–Kier alpha value is -2.78. The summed E-state index contributed by atoms with van der Waals surface area (Å²) in [7, 11) is -3.65. The molecule has 1 aliphatic heterocycles. The predicted octanol–water partition coefficient (Wildman–Crippen LogP) is 2.42. The molecule has 1 N–H and O–H groups in total. The van der Waals surface area contributed by atoms with E-state index < -0.39 is 10.0 Å². The van der Waals surface area contributed by atoms with Crippen LogP contribution in [0, 0.1) is 6.92 Å². The van der Waals surface area contributed by atoms with Gasteiger partial charge in [0.1, 0.15) is 5.75 Å². The Morgan fingerprint density at radius 1 is 1.31 bits per heavy atom. The van der Waals surface area contributed by atoms with E-state index in [9.17, 15) is 13.2 Å². The van der Waals surface area contributed by atoms with Gasteiger partial charge >= 0.3 is 0 Å². The molecular weight excluding hydrogens is 392 g/mol. The van der Waals surface area contributed by atoms with E-state index in [1.54, 1.807) is 18.3 Å². The minimum atomic E-state index is -3.65. The fourth-order valence-electron chi connectivity index (χ4n) is 3.32. The standard InChI is InChI=1S/C20H24N4O4S/c1-4-19(25)23-16-9-10-24(15(3)11-16)29(26,27)18-7-5-17(6-8-18)28-20-13-21-12-14(2)22-20/h4-8,12-13,15-16H,1,9-11H2,2-3H3,(H,23,25). The van der Waals surface area contributed by atoms with Gasteiger partial charge in [-0.3, -0.25) is 9.78 Å². The van der Waals surface area contributed by atoms with Crippen LogP contribution in [0.4, 0.5) is 0 Å². The van der Waals surface area contributed by atoms with E-state index >= 15 is 0 Å². The van der Waals surface area contributed by atoms with Crippen LogP contribution in [0.1, 0.15) is 25.5 Å². The summed E-state index contributed by atoms with van der Waals surface area (Å²) in [6.45, 7) is 7.43. The van der Waals surface area contributed by atoms with Crippen molar-refractivity contribution < 1.29 is 17.9 Å². The monoisotopic (exact) mass is 416 g/mol. The van der Waals surface area contributed by atoms with Crippen molar-refractivity contribution in [2.75, 3.05) is 6.54 Å². The maximum Gasteiger partial charge on any atom is 0.243 e. The number of nitrogens with one attached hydrogen (secondary N) is 1. The minimum absolute atomic E-state index is 0.0619. The second-order valence-electron chi connectivity index (χ2n) is 6.97. The summed E-state index contributed by atoms with van der Waals surface area (Å²) in [5.74, 6) is 0.577. The minimum Gasteiger partial charge on any atom is -0.437 e. The van der Waals surface area contributed by atoms with Gasteiger partial charge in [0.2, 0.25) is 21.8 Å². The quantitative estimate of drug-likeness (QED) is 0.726. The third-order valence-corrected chi connectivity index (χ3v) is 6.76. The van der Waals surface area contributed by atoms with Crippen LogP contribution in [0.25, 0.3) is 0 Å². The van der Waals surface area contributed by atoms with Crippen LogP contribution < -0.4 is 10.1 Å². The Kier molecular flexibility index (Phi) is 6.29. The third kappa shape index (κ3) is 4.99. The Morgan fingerprint density at radius 2 is 2.03 bits per heavy atom. The van der Waals surface area contributed by atoms with Crippen molar-refractivity contribution in [1.82, 2.24) is 19.6 Å². The molecule has 2 atom stereocenters. The number of amides is 1. The largest absolute Gasteiger partial charge is 0.437 e. The molecule has 8 nitrogen and oxygen atoms in total. The fourth-order valence-corrected chi connectivity index (χ4v) is 4.98. The molecule has 0 spiro atoms. The molecule has 0 bridgehead atoms. The van der Waals surface area contributed by atoms with E-state index in [1.807, 2.05) is 13.8 Å². The maximum atomic E-state index is 13.1. The molecule has 154 valence electrons. The molecule has 1 aromatic carbocycles. The van der Waals surface area contributed by atoms with Crippen molar-refractivity contribution in [2.45, 2.75) is 43.7 Å². The van der Waals surface area contributed by atoms with Crippen molar-refractivity contribution in [3.63, 3.8) is 0 Å². The predicted molar refractivity (Wildman–Crippen MR) is 108 cm³/mol. The number of carbonyl (C=O) groups is 1. The van der Waals surface area contributed by atoms with Crippen LogP contribution >= 0.6 is 0 Å². The number of sulfonamides is 1.